The summed E-state index contributed by atoms with van der Waals surface area (Å²) in [5.41, 5.74) is -0.0122. The van der Waals surface area contributed by atoms with Crippen LogP contribution < -0.4 is 0 Å². The maximum absolute atomic E-state index is 14.1. The second-order valence-electron chi connectivity index (χ2n) is 14.4. The van der Waals surface area contributed by atoms with E-state index in [-0.39, 0.29) is 52.5 Å². The van der Waals surface area contributed by atoms with Crippen LogP contribution in [0.3, 0.4) is 0 Å². The number of carboxylic acid groups (broad SMARTS) is 1. The molecule has 0 aliphatic carbocycles. The Morgan fingerprint density at radius 3 is 2.28 bits per heavy atom. The highest BCUT2D eigenvalue weighted by atomic mass is 16.6. The zero-order valence-electron chi connectivity index (χ0n) is 28.3. The molecule has 7 heteroatoms. The Morgan fingerprint density at radius 1 is 1.09 bits per heavy atom. The van der Waals surface area contributed by atoms with Gasteiger partial charge in [-0.3, -0.25) is 4.79 Å². The number of carbonyl (C=O) groups is 2. The van der Waals surface area contributed by atoms with Crippen molar-refractivity contribution in [3.8, 4) is 5.75 Å². The summed E-state index contributed by atoms with van der Waals surface area (Å²) < 4.78 is 13.8. The molecule has 10 atom stereocenters. The van der Waals surface area contributed by atoms with Crippen molar-refractivity contribution >= 4 is 11.8 Å². The zero-order chi connectivity index (χ0) is 32.5. The molecule has 7 nitrogen and oxygen atoms in total. The van der Waals surface area contributed by atoms with Crippen LogP contribution in [0.4, 0.5) is 0 Å². The Bertz CT molecular complexity index is 1150. The summed E-state index contributed by atoms with van der Waals surface area (Å²) in [6, 6.07) is 3.43. The third-order valence-electron chi connectivity index (χ3n) is 11.9. The molecule has 0 spiro atoms. The minimum Gasteiger partial charge on any atom is -0.507 e. The van der Waals surface area contributed by atoms with Crippen molar-refractivity contribution in [2.75, 3.05) is 0 Å². The van der Waals surface area contributed by atoms with E-state index in [4.69, 9.17) is 9.47 Å². The van der Waals surface area contributed by atoms with Gasteiger partial charge in [0.05, 0.1) is 29.5 Å². The van der Waals surface area contributed by atoms with Crippen molar-refractivity contribution in [2.24, 2.45) is 29.1 Å². The molecule has 0 bridgehead atoms. The van der Waals surface area contributed by atoms with Crippen LogP contribution in [-0.4, -0.2) is 56.6 Å². The highest BCUT2D eigenvalue weighted by molar-refractivity contribution is 5.93. The average molecular weight is 603 g/mol. The summed E-state index contributed by atoms with van der Waals surface area (Å²) in [6.45, 7) is 20.6. The van der Waals surface area contributed by atoms with Crippen molar-refractivity contribution in [2.45, 2.75) is 150 Å². The first-order valence-electron chi connectivity index (χ1n) is 16.6. The molecule has 1 aromatic rings. The van der Waals surface area contributed by atoms with E-state index in [1.807, 2.05) is 13.8 Å². The van der Waals surface area contributed by atoms with Crippen LogP contribution in [0.15, 0.2) is 12.1 Å². The number of hydrogen-bond donors (Lipinski definition) is 3. The molecule has 0 aromatic heterocycles. The van der Waals surface area contributed by atoms with Crippen LogP contribution in [-0.2, 0) is 20.7 Å². The number of ketones is 1. The van der Waals surface area contributed by atoms with E-state index >= 15 is 0 Å². The second kappa shape index (κ2) is 13.6. The fourth-order valence-electron chi connectivity index (χ4n) is 7.96. The number of rotatable bonds is 13. The van der Waals surface area contributed by atoms with E-state index in [2.05, 4.69) is 41.5 Å². The number of aryl methyl sites for hydroxylation is 2. The lowest BCUT2D eigenvalue weighted by Crippen LogP contribution is -2.54. The third kappa shape index (κ3) is 6.69. The van der Waals surface area contributed by atoms with E-state index in [1.54, 1.807) is 26.0 Å². The fraction of sp³-hybridized carbons (Fsp3) is 0.778. The van der Waals surface area contributed by atoms with Crippen molar-refractivity contribution in [1.29, 1.82) is 0 Å². The fourth-order valence-corrected chi connectivity index (χ4v) is 7.96. The van der Waals surface area contributed by atoms with Gasteiger partial charge in [-0.25, -0.2) is 4.79 Å². The molecule has 2 fully saturated rings. The largest absolute Gasteiger partial charge is 0.507 e. The van der Waals surface area contributed by atoms with E-state index in [0.717, 1.165) is 32.1 Å². The number of aliphatic hydroxyl groups excluding tert-OH is 1. The number of aromatic hydroxyl groups is 1. The minimum absolute atomic E-state index is 0.0102. The molecule has 43 heavy (non-hydrogen) atoms. The van der Waals surface area contributed by atoms with Crippen LogP contribution >= 0.6 is 0 Å². The number of ether oxygens (including phenoxy) is 2. The topological polar surface area (TPSA) is 113 Å². The van der Waals surface area contributed by atoms with Crippen molar-refractivity contribution in [1.82, 2.24) is 0 Å². The first-order valence-corrected chi connectivity index (χ1v) is 16.6. The Labute approximate surface area is 259 Å². The van der Waals surface area contributed by atoms with Crippen LogP contribution in [0, 0.1) is 36.0 Å². The maximum Gasteiger partial charge on any atom is 0.339 e. The number of benzene rings is 1. The van der Waals surface area contributed by atoms with Crippen LogP contribution in [0.2, 0.25) is 0 Å². The molecular formula is C36H58O7. The number of phenols is 1. The Kier molecular flexibility index (Phi) is 11.2. The molecule has 244 valence electrons. The number of aromatic carboxylic acids is 1. The molecule has 2 saturated heterocycles. The summed E-state index contributed by atoms with van der Waals surface area (Å²) in [7, 11) is 0. The van der Waals surface area contributed by atoms with Gasteiger partial charge in [-0.05, 0) is 101 Å². The van der Waals surface area contributed by atoms with Crippen LogP contribution in [0.5, 0.6) is 5.75 Å². The molecular weight excluding hydrogens is 544 g/mol. The molecule has 2 heterocycles. The van der Waals surface area contributed by atoms with Crippen LogP contribution in [0.25, 0.3) is 0 Å². The van der Waals surface area contributed by atoms with Gasteiger partial charge in [-0.15, -0.1) is 0 Å². The van der Waals surface area contributed by atoms with E-state index in [9.17, 15) is 24.9 Å². The quantitative estimate of drug-likeness (QED) is 0.214. The Balaban J connectivity index is 1.75. The SMILES string of the molecule is CC[C@@H](C(=O)[C@@H](C)[C@@H](O)[C@H](C)CCc1ccc(C)c(O)c1C(=O)O)[C@@]1(C)O[C@](CC)([C@H]2CC[C@@](C)(CC)[C@H](C)O2)C[C@@H]1C. The molecule has 0 radical (unpaired) electrons. The maximum atomic E-state index is 14.1. The zero-order valence-corrected chi connectivity index (χ0v) is 28.3. The van der Waals surface area contributed by atoms with Crippen LogP contribution in [0.1, 0.15) is 129 Å². The monoisotopic (exact) mass is 602 g/mol. The van der Waals surface area contributed by atoms with Gasteiger partial charge in [0.2, 0.25) is 0 Å². The lowest BCUT2D eigenvalue weighted by molar-refractivity contribution is -0.227. The Morgan fingerprint density at radius 2 is 1.74 bits per heavy atom. The molecule has 3 N–H and O–H groups in total. The molecule has 0 unspecified atom stereocenters. The molecule has 0 saturated carbocycles. The van der Waals surface area contributed by atoms with Gasteiger partial charge in [0.1, 0.15) is 17.1 Å². The van der Waals surface area contributed by atoms with Gasteiger partial charge in [0.25, 0.3) is 0 Å². The van der Waals surface area contributed by atoms with Gasteiger partial charge < -0.3 is 24.8 Å². The number of carboxylic acids is 1. The van der Waals surface area contributed by atoms with E-state index in [0.29, 0.717) is 30.4 Å². The first-order chi connectivity index (χ1) is 20.0. The highest BCUT2D eigenvalue weighted by Gasteiger charge is 2.60. The predicted molar refractivity (Wildman–Crippen MR) is 170 cm³/mol. The van der Waals surface area contributed by atoms with E-state index < -0.39 is 29.2 Å². The molecule has 0 amide bonds. The molecule has 2 aliphatic rings. The van der Waals surface area contributed by atoms with E-state index in [1.165, 1.54) is 0 Å². The number of hydrogen-bond acceptors (Lipinski definition) is 6. The summed E-state index contributed by atoms with van der Waals surface area (Å²) in [4.78, 5) is 25.9. The standard InChI is InChI=1S/C36H58O7/c1-11-27(35(10)23(6)20-36(13-3,43-35)28-18-19-34(9,12-2)25(8)42-28)32(39)24(7)30(37)21(4)14-16-26-17-15-22(5)31(38)29(26)33(40)41/h15,17,21,23-25,27-28,30,37-38H,11-14,16,18-20H2,1-10H3,(H,40,41)/t21-,23+,24+,25+,27+,28-,30+,34-,35+,36+/m1/s1. The van der Waals surface area contributed by atoms with Crippen molar-refractivity contribution in [3.05, 3.63) is 28.8 Å². The lowest BCUT2D eigenvalue weighted by atomic mass is 9.70. The average Bonchev–Trinajstić information content (AvgIpc) is 3.24. The summed E-state index contributed by atoms with van der Waals surface area (Å²) in [5.74, 6) is -2.47. The molecule has 2 aliphatic heterocycles. The first kappa shape index (κ1) is 35.5. The van der Waals surface area contributed by atoms with Crippen molar-refractivity contribution in [3.63, 3.8) is 0 Å². The summed E-state index contributed by atoms with van der Waals surface area (Å²) in [6.07, 6.45) is 5.50. The van der Waals surface area contributed by atoms with Crippen molar-refractivity contribution < 1.29 is 34.4 Å². The smallest absolute Gasteiger partial charge is 0.339 e. The highest BCUT2D eigenvalue weighted by Crippen LogP contribution is 2.54. The third-order valence-corrected chi connectivity index (χ3v) is 11.9. The molecule has 1 aromatic carbocycles. The Hall–Kier alpha value is -1.96. The van der Waals surface area contributed by atoms with Gasteiger partial charge in [0, 0.05) is 11.8 Å². The normalized spacial score (nSPS) is 34.0. The second-order valence-corrected chi connectivity index (χ2v) is 14.4. The van der Waals surface area contributed by atoms with Gasteiger partial charge in [-0.2, -0.15) is 0 Å². The number of aliphatic hydroxyl groups is 1. The summed E-state index contributed by atoms with van der Waals surface area (Å²) >= 11 is 0. The molecule has 3 rings (SSSR count). The van der Waals surface area contributed by atoms with Gasteiger partial charge in [-0.1, -0.05) is 60.6 Å². The minimum atomic E-state index is -1.17. The van der Waals surface area contributed by atoms with Gasteiger partial charge >= 0.3 is 5.97 Å². The number of carbonyl (C=O) groups excluding carboxylic acids is 1. The predicted octanol–water partition coefficient (Wildman–Crippen LogP) is 7.51. The van der Waals surface area contributed by atoms with Gasteiger partial charge in [0.15, 0.2) is 0 Å². The lowest BCUT2D eigenvalue weighted by Gasteiger charge is -2.49. The number of Topliss-reactive ketones (excluding diaryl/α,β-unsaturated/α-hetero) is 1. The summed E-state index contributed by atoms with van der Waals surface area (Å²) in [5, 5.41) is 31.3.